The quantitative estimate of drug-likeness (QED) is 0.650. The minimum atomic E-state index is 0.250. The SMILES string of the molecule is c1ccc(C[C@@]23CCCC[C@H]2O3)cc1. The first-order valence-corrected chi connectivity index (χ1v) is 5.61. The van der Waals surface area contributed by atoms with Crippen LogP contribution in [0.4, 0.5) is 0 Å². The molecule has 1 aliphatic carbocycles. The van der Waals surface area contributed by atoms with Gasteiger partial charge in [-0.3, -0.25) is 0 Å². The third kappa shape index (κ3) is 1.36. The van der Waals surface area contributed by atoms with Crippen LogP contribution in [0.3, 0.4) is 0 Å². The van der Waals surface area contributed by atoms with Gasteiger partial charge in [0.15, 0.2) is 0 Å². The minimum Gasteiger partial charge on any atom is -0.366 e. The molecule has 1 aromatic carbocycles. The molecule has 3 rings (SSSR count). The van der Waals surface area contributed by atoms with E-state index in [1.54, 1.807) is 0 Å². The zero-order chi connectivity index (χ0) is 9.43. The molecule has 2 aliphatic rings. The van der Waals surface area contributed by atoms with Crippen LogP contribution in [0.2, 0.25) is 0 Å². The number of ether oxygens (including phenoxy) is 1. The van der Waals surface area contributed by atoms with E-state index in [2.05, 4.69) is 30.3 Å². The number of hydrogen-bond donors (Lipinski definition) is 0. The van der Waals surface area contributed by atoms with E-state index in [-0.39, 0.29) is 5.60 Å². The predicted octanol–water partition coefficient (Wildman–Crippen LogP) is 2.94. The number of rotatable bonds is 2. The van der Waals surface area contributed by atoms with E-state index < -0.39 is 0 Å². The number of hydrogen-bond acceptors (Lipinski definition) is 1. The van der Waals surface area contributed by atoms with Gasteiger partial charge in [-0.05, 0) is 18.4 Å². The molecule has 1 heterocycles. The van der Waals surface area contributed by atoms with Crippen molar-refractivity contribution < 1.29 is 4.74 Å². The van der Waals surface area contributed by atoms with Crippen LogP contribution in [0.5, 0.6) is 0 Å². The van der Waals surface area contributed by atoms with Gasteiger partial charge in [0.1, 0.15) is 0 Å². The summed E-state index contributed by atoms with van der Waals surface area (Å²) in [5.41, 5.74) is 1.68. The monoisotopic (exact) mass is 188 g/mol. The lowest BCUT2D eigenvalue weighted by atomic mass is 9.84. The van der Waals surface area contributed by atoms with Crippen molar-refractivity contribution in [1.82, 2.24) is 0 Å². The molecule has 2 atom stereocenters. The Labute approximate surface area is 85.1 Å². The Morgan fingerprint density at radius 2 is 2.07 bits per heavy atom. The second kappa shape index (κ2) is 3.09. The van der Waals surface area contributed by atoms with Crippen LogP contribution in [-0.4, -0.2) is 11.7 Å². The van der Waals surface area contributed by atoms with E-state index in [9.17, 15) is 0 Å². The topological polar surface area (TPSA) is 12.5 Å². The molecule has 2 fully saturated rings. The van der Waals surface area contributed by atoms with E-state index in [0.29, 0.717) is 6.10 Å². The number of benzene rings is 1. The Kier molecular flexibility index (Phi) is 1.88. The van der Waals surface area contributed by atoms with Crippen LogP contribution >= 0.6 is 0 Å². The maximum absolute atomic E-state index is 5.87. The van der Waals surface area contributed by atoms with Crippen molar-refractivity contribution in [3.8, 4) is 0 Å². The standard InChI is InChI=1S/C13H16O/c1-2-6-11(7-3-1)10-13-9-5-4-8-12(13)14-13/h1-3,6-7,12H,4-5,8-10H2/t12-,13+/m1/s1. The van der Waals surface area contributed by atoms with E-state index in [4.69, 9.17) is 4.74 Å². The zero-order valence-corrected chi connectivity index (χ0v) is 8.41. The summed E-state index contributed by atoms with van der Waals surface area (Å²) < 4.78 is 5.87. The Morgan fingerprint density at radius 1 is 1.21 bits per heavy atom. The molecule has 0 spiro atoms. The van der Waals surface area contributed by atoms with Gasteiger partial charge in [-0.25, -0.2) is 0 Å². The molecular weight excluding hydrogens is 172 g/mol. The minimum absolute atomic E-state index is 0.250. The summed E-state index contributed by atoms with van der Waals surface area (Å²) >= 11 is 0. The van der Waals surface area contributed by atoms with Crippen LogP contribution in [0.25, 0.3) is 0 Å². The van der Waals surface area contributed by atoms with E-state index in [1.165, 1.54) is 31.2 Å². The van der Waals surface area contributed by atoms with Crippen molar-refractivity contribution in [3.05, 3.63) is 35.9 Å². The van der Waals surface area contributed by atoms with E-state index in [0.717, 1.165) is 6.42 Å². The molecule has 1 saturated carbocycles. The first-order valence-electron chi connectivity index (χ1n) is 5.61. The molecule has 0 aromatic heterocycles. The summed E-state index contributed by atoms with van der Waals surface area (Å²) in [6.45, 7) is 0. The molecule has 1 aliphatic heterocycles. The molecule has 1 nitrogen and oxygen atoms in total. The fraction of sp³-hybridized carbons (Fsp3) is 0.538. The van der Waals surface area contributed by atoms with Gasteiger partial charge in [-0.15, -0.1) is 0 Å². The largest absolute Gasteiger partial charge is 0.366 e. The average molecular weight is 188 g/mol. The molecule has 0 bridgehead atoms. The fourth-order valence-electron chi connectivity index (χ4n) is 2.73. The van der Waals surface area contributed by atoms with Crippen molar-refractivity contribution in [2.75, 3.05) is 0 Å². The van der Waals surface area contributed by atoms with Crippen LogP contribution in [0.1, 0.15) is 31.2 Å². The Morgan fingerprint density at radius 3 is 2.86 bits per heavy atom. The van der Waals surface area contributed by atoms with Gasteiger partial charge in [-0.2, -0.15) is 0 Å². The normalized spacial score (nSPS) is 35.0. The summed E-state index contributed by atoms with van der Waals surface area (Å²) in [7, 11) is 0. The second-order valence-electron chi connectivity index (χ2n) is 4.58. The van der Waals surface area contributed by atoms with Gasteiger partial charge in [0.25, 0.3) is 0 Å². The summed E-state index contributed by atoms with van der Waals surface area (Å²) in [6.07, 6.45) is 6.97. The van der Waals surface area contributed by atoms with Gasteiger partial charge < -0.3 is 4.74 Å². The van der Waals surface area contributed by atoms with Gasteiger partial charge >= 0.3 is 0 Å². The highest BCUT2D eigenvalue weighted by molar-refractivity contribution is 5.21. The molecule has 0 amide bonds. The number of fused-ring (bicyclic) bond motifs is 1. The van der Waals surface area contributed by atoms with Gasteiger partial charge in [0.05, 0.1) is 11.7 Å². The van der Waals surface area contributed by atoms with Crippen LogP contribution < -0.4 is 0 Å². The second-order valence-corrected chi connectivity index (χ2v) is 4.58. The summed E-state index contributed by atoms with van der Waals surface area (Å²) in [4.78, 5) is 0. The van der Waals surface area contributed by atoms with Crippen molar-refractivity contribution in [2.45, 2.75) is 43.8 Å². The van der Waals surface area contributed by atoms with Crippen LogP contribution in [0, 0.1) is 0 Å². The van der Waals surface area contributed by atoms with E-state index >= 15 is 0 Å². The lowest BCUT2D eigenvalue weighted by Gasteiger charge is -2.16. The lowest BCUT2D eigenvalue weighted by molar-refractivity contribution is 0.284. The van der Waals surface area contributed by atoms with Gasteiger partial charge in [0, 0.05) is 6.42 Å². The van der Waals surface area contributed by atoms with Crippen LogP contribution in [-0.2, 0) is 11.2 Å². The molecular formula is C13H16O. The average Bonchev–Trinajstić information content (AvgIpc) is 2.93. The summed E-state index contributed by atoms with van der Waals surface area (Å²) in [5, 5.41) is 0. The van der Waals surface area contributed by atoms with Crippen molar-refractivity contribution in [3.63, 3.8) is 0 Å². The highest BCUT2D eigenvalue weighted by Gasteiger charge is 2.56. The van der Waals surface area contributed by atoms with Gasteiger partial charge in [-0.1, -0.05) is 43.2 Å². The molecule has 1 saturated heterocycles. The highest BCUT2D eigenvalue weighted by atomic mass is 16.6. The molecule has 0 radical (unpaired) electrons. The van der Waals surface area contributed by atoms with Crippen LogP contribution in [0.15, 0.2) is 30.3 Å². The Bertz CT molecular complexity index is 319. The smallest absolute Gasteiger partial charge is 0.0988 e. The summed E-state index contributed by atoms with van der Waals surface area (Å²) in [5.74, 6) is 0. The van der Waals surface area contributed by atoms with Crippen molar-refractivity contribution in [2.24, 2.45) is 0 Å². The molecule has 14 heavy (non-hydrogen) atoms. The third-order valence-corrected chi connectivity index (χ3v) is 3.57. The molecule has 0 N–H and O–H groups in total. The zero-order valence-electron chi connectivity index (χ0n) is 8.41. The van der Waals surface area contributed by atoms with Crippen molar-refractivity contribution >= 4 is 0 Å². The van der Waals surface area contributed by atoms with Gasteiger partial charge in [0.2, 0.25) is 0 Å². The first-order chi connectivity index (χ1) is 6.89. The van der Waals surface area contributed by atoms with Crippen molar-refractivity contribution in [1.29, 1.82) is 0 Å². The lowest BCUT2D eigenvalue weighted by Crippen LogP contribution is -2.22. The Balaban J connectivity index is 1.74. The summed E-state index contributed by atoms with van der Waals surface area (Å²) in [6, 6.07) is 10.7. The molecule has 1 heteroatoms. The fourth-order valence-corrected chi connectivity index (χ4v) is 2.73. The first kappa shape index (κ1) is 8.49. The molecule has 0 unspecified atom stereocenters. The molecule has 74 valence electrons. The third-order valence-electron chi connectivity index (χ3n) is 3.57. The predicted molar refractivity (Wildman–Crippen MR) is 56.2 cm³/mol. The maximum Gasteiger partial charge on any atom is 0.0988 e. The maximum atomic E-state index is 5.87. The highest BCUT2D eigenvalue weighted by Crippen LogP contribution is 2.49. The molecule has 1 aromatic rings. The van der Waals surface area contributed by atoms with E-state index in [1.807, 2.05) is 0 Å². The Hall–Kier alpha value is -0.820. The number of epoxide rings is 1.